The fourth-order valence-corrected chi connectivity index (χ4v) is 5.07. The van der Waals surface area contributed by atoms with Crippen LogP contribution in [0, 0.1) is 6.92 Å². The van der Waals surface area contributed by atoms with E-state index >= 15 is 0 Å². The summed E-state index contributed by atoms with van der Waals surface area (Å²) in [5.41, 5.74) is 3.04. The predicted octanol–water partition coefficient (Wildman–Crippen LogP) is 6.42. The number of rotatable bonds is 7. The van der Waals surface area contributed by atoms with Crippen molar-refractivity contribution in [2.75, 3.05) is 26.2 Å². The third-order valence-electron chi connectivity index (χ3n) is 6.65. The summed E-state index contributed by atoms with van der Waals surface area (Å²) in [5.74, 6) is -0.570. The van der Waals surface area contributed by atoms with Crippen molar-refractivity contribution in [1.82, 2.24) is 0 Å². The van der Waals surface area contributed by atoms with Crippen LogP contribution >= 0.6 is 11.6 Å². The minimum absolute atomic E-state index is 0.0878. The highest BCUT2D eigenvalue weighted by atomic mass is 35.5. The molecule has 0 aromatic heterocycles. The Morgan fingerprint density at radius 3 is 2.16 bits per heavy atom. The van der Waals surface area contributed by atoms with Gasteiger partial charge in [-0.3, -0.25) is 14.5 Å². The maximum atomic E-state index is 13.6. The zero-order valence-corrected chi connectivity index (χ0v) is 22.9. The highest BCUT2D eigenvalue weighted by Gasteiger charge is 2.47. The van der Waals surface area contributed by atoms with Crippen LogP contribution in [0.2, 0.25) is 5.02 Å². The molecular formula is C30H30ClNO6. The van der Waals surface area contributed by atoms with Gasteiger partial charge in [0.25, 0.3) is 11.7 Å². The zero-order valence-electron chi connectivity index (χ0n) is 22.2. The number of ether oxygens (including phenoxy) is 3. The lowest BCUT2D eigenvalue weighted by atomic mass is 9.94. The SMILES string of the molecule is COc1ccc(C2/C(=C(\O)c3cc(C)cc(Cl)c3OC)C(=O)C(=O)N2c2ccc(C(C)C)cc2)cc1OC. The molecule has 1 N–H and O–H groups in total. The number of hydrogen-bond acceptors (Lipinski definition) is 6. The minimum atomic E-state index is -0.955. The normalized spacial score (nSPS) is 16.7. The van der Waals surface area contributed by atoms with Gasteiger partial charge in [0.1, 0.15) is 11.5 Å². The number of ketones is 1. The largest absolute Gasteiger partial charge is 0.507 e. The predicted molar refractivity (Wildman–Crippen MR) is 148 cm³/mol. The Morgan fingerprint density at radius 2 is 1.58 bits per heavy atom. The lowest BCUT2D eigenvalue weighted by Crippen LogP contribution is -2.29. The van der Waals surface area contributed by atoms with Gasteiger partial charge >= 0.3 is 0 Å². The summed E-state index contributed by atoms with van der Waals surface area (Å²) < 4.78 is 16.3. The number of benzene rings is 3. The molecule has 0 radical (unpaired) electrons. The Hall–Kier alpha value is -3.97. The molecule has 0 spiro atoms. The molecular weight excluding hydrogens is 506 g/mol. The van der Waals surface area contributed by atoms with Crippen molar-refractivity contribution in [2.24, 2.45) is 0 Å². The average molecular weight is 536 g/mol. The van der Waals surface area contributed by atoms with Crippen LogP contribution in [0.3, 0.4) is 0 Å². The summed E-state index contributed by atoms with van der Waals surface area (Å²) in [4.78, 5) is 28.5. The average Bonchev–Trinajstić information content (AvgIpc) is 3.17. The van der Waals surface area contributed by atoms with Crippen molar-refractivity contribution in [2.45, 2.75) is 32.7 Å². The summed E-state index contributed by atoms with van der Waals surface area (Å²) in [7, 11) is 4.45. The number of nitrogens with zero attached hydrogens (tertiary/aromatic N) is 1. The summed E-state index contributed by atoms with van der Waals surface area (Å²) in [6, 6.07) is 15.0. The Balaban J connectivity index is 2.00. The number of anilines is 1. The van der Waals surface area contributed by atoms with Gasteiger partial charge in [-0.15, -0.1) is 0 Å². The molecule has 1 fully saturated rings. The van der Waals surface area contributed by atoms with Crippen LogP contribution in [-0.4, -0.2) is 38.1 Å². The van der Waals surface area contributed by atoms with E-state index in [1.54, 1.807) is 42.5 Å². The Labute approximate surface area is 227 Å². The highest BCUT2D eigenvalue weighted by Crippen LogP contribution is 2.46. The van der Waals surface area contributed by atoms with E-state index in [0.29, 0.717) is 28.7 Å². The number of aliphatic hydroxyl groups excluding tert-OH is 1. The van der Waals surface area contributed by atoms with E-state index in [4.69, 9.17) is 25.8 Å². The van der Waals surface area contributed by atoms with Crippen molar-refractivity contribution in [3.63, 3.8) is 0 Å². The Kier molecular flexibility index (Phi) is 7.69. The van der Waals surface area contributed by atoms with E-state index < -0.39 is 17.7 Å². The van der Waals surface area contributed by atoms with Gasteiger partial charge in [-0.2, -0.15) is 0 Å². The number of carbonyl (C=O) groups is 2. The lowest BCUT2D eigenvalue weighted by Gasteiger charge is -2.26. The maximum absolute atomic E-state index is 13.6. The van der Waals surface area contributed by atoms with Crippen molar-refractivity contribution in [3.8, 4) is 17.2 Å². The van der Waals surface area contributed by atoms with Gasteiger partial charge in [-0.25, -0.2) is 0 Å². The number of methoxy groups -OCH3 is 3. The molecule has 0 aliphatic carbocycles. The Morgan fingerprint density at radius 1 is 0.921 bits per heavy atom. The molecule has 38 heavy (non-hydrogen) atoms. The van der Waals surface area contributed by atoms with Crippen LogP contribution in [0.4, 0.5) is 5.69 Å². The molecule has 1 heterocycles. The van der Waals surface area contributed by atoms with Gasteiger partial charge in [-0.05, 0) is 65.9 Å². The fourth-order valence-electron chi connectivity index (χ4n) is 4.71. The summed E-state index contributed by atoms with van der Waals surface area (Å²) in [5, 5.41) is 11.9. The third kappa shape index (κ3) is 4.70. The molecule has 1 aliphatic heterocycles. The smallest absolute Gasteiger partial charge is 0.300 e. The van der Waals surface area contributed by atoms with Gasteiger partial charge in [0.05, 0.1) is 43.5 Å². The summed E-state index contributed by atoms with van der Waals surface area (Å²) in [6.07, 6.45) is 0. The summed E-state index contributed by atoms with van der Waals surface area (Å²) >= 11 is 6.39. The van der Waals surface area contributed by atoms with E-state index in [-0.39, 0.29) is 27.7 Å². The fraction of sp³-hybridized carbons (Fsp3) is 0.267. The van der Waals surface area contributed by atoms with Gasteiger partial charge in [0.15, 0.2) is 11.5 Å². The molecule has 1 amide bonds. The minimum Gasteiger partial charge on any atom is -0.507 e. The molecule has 7 nitrogen and oxygen atoms in total. The van der Waals surface area contributed by atoms with Gasteiger partial charge in [0.2, 0.25) is 0 Å². The molecule has 198 valence electrons. The molecule has 4 rings (SSSR count). The number of Topliss-reactive ketones (excluding diaryl/α,β-unsaturated/α-hetero) is 1. The van der Waals surface area contributed by atoms with Crippen LogP contribution in [-0.2, 0) is 9.59 Å². The first-order valence-corrected chi connectivity index (χ1v) is 12.5. The number of aliphatic hydroxyl groups is 1. The van der Waals surface area contributed by atoms with Gasteiger partial charge in [-0.1, -0.05) is 43.6 Å². The molecule has 3 aromatic rings. The number of aryl methyl sites for hydroxylation is 1. The molecule has 1 atom stereocenters. The van der Waals surface area contributed by atoms with Crippen molar-refractivity contribution >= 4 is 34.7 Å². The van der Waals surface area contributed by atoms with E-state index in [9.17, 15) is 14.7 Å². The molecule has 1 saturated heterocycles. The second kappa shape index (κ2) is 10.8. The van der Waals surface area contributed by atoms with E-state index in [0.717, 1.165) is 11.1 Å². The zero-order chi connectivity index (χ0) is 27.7. The first-order valence-electron chi connectivity index (χ1n) is 12.1. The number of amides is 1. The van der Waals surface area contributed by atoms with Gasteiger partial charge < -0.3 is 19.3 Å². The van der Waals surface area contributed by atoms with E-state index in [1.165, 1.54) is 26.2 Å². The third-order valence-corrected chi connectivity index (χ3v) is 6.93. The van der Waals surface area contributed by atoms with E-state index in [1.807, 2.05) is 19.1 Å². The molecule has 0 saturated carbocycles. The van der Waals surface area contributed by atoms with Crippen molar-refractivity contribution in [3.05, 3.63) is 87.4 Å². The Bertz CT molecular complexity index is 1430. The monoisotopic (exact) mass is 535 g/mol. The molecule has 8 heteroatoms. The molecule has 0 bridgehead atoms. The second-order valence-corrected chi connectivity index (χ2v) is 9.76. The highest BCUT2D eigenvalue weighted by molar-refractivity contribution is 6.51. The standard InChI is InChI=1S/C30H30ClNO6/c1-16(2)18-7-10-20(11-8-18)32-26(19-9-12-23(36-4)24(15-19)37-5)25(28(34)30(32)35)27(33)21-13-17(3)14-22(31)29(21)38-6/h7-16,26,33H,1-6H3/b27-25+. The quantitative estimate of drug-likeness (QED) is 0.213. The van der Waals surface area contributed by atoms with Crippen molar-refractivity contribution < 1.29 is 28.9 Å². The molecule has 1 aliphatic rings. The van der Waals surface area contributed by atoms with Crippen LogP contribution < -0.4 is 19.1 Å². The summed E-state index contributed by atoms with van der Waals surface area (Å²) in [6.45, 7) is 5.96. The first-order chi connectivity index (χ1) is 18.1. The molecule has 1 unspecified atom stereocenters. The lowest BCUT2D eigenvalue weighted by molar-refractivity contribution is -0.132. The van der Waals surface area contributed by atoms with Crippen molar-refractivity contribution in [1.29, 1.82) is 0 Å². The van der Waals surface area contributed by atoms with E-state index in [2.05, 4.69) is 13.8 Å². The topological polar surface area (TPSA) is 85.3 Å². The number of halogens is 1. The van der Waals surface area contributed by atoms with Crippen LogP contribution in [0.15, 0.2) is 60.2 Å². The van der Waals surface area contributed by atoms with Crippen LogP contribution in [0.5, 0.6) is 17.2 Å². The second-order valence-electron chi connectivity index (χ2n) is 9.36. The first kappa shape index (κ1) is 27.1. The number of carbonyl (C=O) groups excluding carboxylic acids is 2. The van der Waals surface area contributed by atoms with Crippen LogP contribution in [0.25, 0.3) is 5.76 Å². The maximum Gasteiger partial charge on any atom is 0.300 e. The number of hydrogen-bond donors (Lipinski definition) is 1. The van der Waals surface area contributed by atoms with Crippen LogP contribution in [0.1, 0.15) is 48.1 Å². The van der Waals surface area contributed by atoms with Gasteiger partial charge in [0, 0.05) is 5.69 Å². The molecule has 3 aromatic carbocycles.